The van der Waals surface area contributed by atoms with Crippen molar-refractivity contribution >= 4 is 50.7 Å². The summed E-state index contributed by atoms with van der Waals surface area (Å²) in [4.78, 5) is 12.1. The molecule has 0 aliphatic carbocycles. The van der Waals surface area contributed by atoms with Crippen molar-refractivity contribution in [2.24, 2.45) is 0 Å². The number of anilines is 1. The summed E-state index contributed by atoms with van der Waals surface area (Å²) >= 11 is 15.3. The maximum absolute atomic E-state index is 12.1. The standard InChI is InChI=1S/C14H10BrCl2NO/c1-8-4-9(6-11(16)5-8)14(19)18-13-7-10(15)2-3-12(13)17/h2-7H,1H3,(H,18,19). The van der Waals surface area contributed by atoms with Crippen LogP contribution in [0.15, 0.2) is 40.9 Å². The Morgan fingerprint density at radius 3 is 2.58 bits per heavy atom. The van der Waals surface area contributed by atoms with E-state index in [0.29, 0.717) is 21.3 Å². The molecule has 0 atom stereocenters. The largest absolute Gasteiger partial charge is 0.321 e. The molecule has 0 saturated carbocycles. The zero-order valence-corrected chi connectivity index (χ0v) is 13.1. The number of aryl methyl sites for hydroxylation is 1. The lowest BCUT2D eigenvalue weighted by Crippen LogP contribution is -2.12. The van der Waals surface area contributed by atoms with Crippen LogP contribution in [0.3, 0.4) is 0 Å². The lowest BCUT2D eigenvalue weighted by Gasteiger charge is -2.08. The Bertz CT molecular complexity index is 623. The van der Waals surface area contributed by atoms with Gasteiger partial charge in [-0.3, -0.25) is 4.79 Å². The Hall–Kier alpha value is -1.03. The van der Waals surface area contributed by atoms with Gasteiger partial charge in [0.15, 0.2) is 0 Å². The van der Waals surface area contributed by atoms with Gasteiger partial charge in [-0.1, -0.05) is 39.1 Å². The van der Waals surface area contributed by atoms with E-state index in [1.165, 1.54) is 0 Å². The molecule has 0 heterocycles. The van der Waals surface area contributed by atoms with E-state index < -0.39 is 0 Å². The second kappa shape index (κ2) is 5.95. The second-order valence-corrected chi connectivity index (χ2v) is 5.85. The van der Waals surface area contributed by atoms with Crippen molar-refractivity contribution in [3.63, 3.8) is 0 Å². The molecule has 2 aromatic carbocycles. The molecule has 0 radical (unpaired) electrons. The minimum Gasteiger partial charge on any atom is -0.321 e. The molecule has 0 bridgehead atoms. The number of hydrogen-bond acceptors (Lipinski definition) is 1. The molecule has 5 heteroatoms. The fourth-order valence-corrected chi connectivity index (χ4v) is 2.47. The molecule has 0 aromatic heterocycles. The fourth-order valence-electron chi connectivity index (χ4n) is 1.66. The Morgan fingerprint density at radius 2 is 1.89 bits per heavy atom. The third-order valence-corrected chi connectivity index (χ3v) is 3.52. The molecule has 0 aliphatic heterocycles. The van der Waals surface area contributed by atoms with Gasteiger partial charge in [0.05, 0.1) is 10.7 Å². The SMILES string of the molecule is Cc1cc(Cl)cc(C(=O)Nc2cc(Br)ccc2Cl)c1. The molecule has 0 spiro atoms. The molecule has 2 nitrogen and oxygen atoms in total. The quantitative estimate of drug-likeness (QED) is 0.773. The first-order chi connectivity index (χ1) is 8.95. The van der Waals surface area contributed by atoms with E-state index in [2.05, 4.69) is 21.2 Å². The lowest BCUT2D eigenvalue weighted by atomic mass is 10.1. The second-order valence-electron chi connectivity index (χ2n) is 4.10. The van der Waals surface area contributed by atoms with Crippen molar-refractivity contribution in [1.82, 2.24) is 0 Å². The zero-order chi connectivity index (χ0) is 14.0. The van der Waals surface area contributed by atoms with E-state index in [-0.39, 0.29) is 5.91 Å². The van der Waals surface area contributed by atoms with Crippen molar-refractivity contribution in [2.75, 3.05) is 5.32 Å². The van der Waals surface area contributed by atoms with Crippen LogP contribution in [-0.4, -0.2) is 5.91 Å². The Kier molecular flexibility index (Phi) is 4.50. The van der Waals surface area contributed by atoms with Gasteiger partial charge < -0.3 is 5.32 Å². The predicted octanol–water partition coefficient (Wildman–Crippen LogP) is 5.32. The van der Waals surface area contributed by atoms with Gasteiger partial charge in [0.1, 0.15) is 0 Å². The van der Waals surface area contributed by atoms with Gasteiger partial charge in [-0.2, -0.15) is 0 Å². The van der Waals surface area contributed by atoms with Gasteiger partial charge in [-0.05, 0) is 48.9 Å². The number of amides is 1. The average molecular weight is 359 g/mol. The first-order valence-corrected chi connectivity index (χ1v) is 7.04. The number of nitrogens with one attached hydrogen (secondary N) is 1. The van der Waals surface area contributed by atoms with E-state index in [1.54, 1.807) is 30.3 Å². The molecule has 1 amide bonds. The van der Waals surface area contributed by atoms with Crippen LogP contribution >= 0.6 is 39.1 Å². The van der Waals surface area contributed by atoms with Crippen LogP contribution in [-0.2, 0) is 0 Å². The summed E-state index contributed by atoms with van der Waals surface area (Å²) in [6.07, 6.45) is 0. The molecular formula is C14H10BrCl2NO. The number of carbonyl (C=O) groups is 1. The topological polar surface area (TPSA) is 29.1 Å². The Labute approximate surface area is 129 Å². The summed E-state index contributed by atoms with van der Waals surface area (Å²) in [6, 6.07) is 10.5. The summed E-state index contributed by atoms with van der Waals surface area (Å²) in [5.41, 5.74) is 1.98. The predicted molar refractivity (Wildman–Crippen MR) is 83.3 cm³/mol. The first kappa shape index (κ1) is 14.4. The number of hydrogen-bond donors (Lipinski definition) is 1. The Morgan fingerprint density at radius 1 is 1.16 bits per heavy atom. The van der Waals surface area contributed by atoms with Crippen LogP contribution in [0.25, 0.3) is 0 Å². The molecule has 2 aromatic rings. The van der Waals surface area contributed by atoms with E-state index in [4.69, 9.17) is 23.2 Å². The number of benzene rings is 2. The van der Waals surface area contributed by atoms with Gasteiger partial charge in [0.2, 0.25) is 0 Å². The highest BCUT2D eigenvalue weighted by Crippen LogP contribution is 2.26. The summed E-state index contributed by atoms with van der Waals surface area (Å²) in [5, 5.41) is 3.78. The normalized spacial score (nSPS) is 10.3. The molecule has 98 valence electrons. The van der Waals surface area contributed by atoms with Crippen LogP contribution in [0.4, 0.5) is 5.69 Å². The fraction of sp³-hybridized carbons (Fsp3) is 0.0714. The van der Waals surface area contributed by atoms with Gasteiger partial charge in [-0.15, -0.1) is 0 Å². The highest BCUT2D eigenvalue weighted by molar-refractivity contribution is 9.10. The van der Waals surface area contributed by atoms with Crippen molar-refractivity contribution < 1.29 is 4.79 Å². The average Bonchev–Trinajstić information content (AvgIpc) is 2.32. The van der Waals surface area contributed by atoms with Crippen LogP contribution in [0.5, 0.6) is 0 Å². The van der Waals surface area contributed by atoms with E-state index >= 15 is 0 Å². The summed E-state index contributed by atoms with van der Waals surface area (Å²) in [7, 11) is 0. The van der Waals surface area contributed by atoms with Crippen molar-refractivity contribution in [3.8, 4) is 0 Å². The number of halogens is 3. The van der Waals surface area contributed by atoms with E-state index in [9.17, 15) is 4.79 Å². The summed E-state index contributed by atoms with van der Waals surface area (Å²) in [6.45, 7) is 1.88. The lowest BCUT2D eigenvalue weighted by molar-refractivity contribution is 0.102. The van der Waals surface area contributed by atoms with Crippen molar-refractivity contribution in [1.29, 1.82) is 0 Å². The van der Waals surface area contributed by atoms with Crippen LogP contribution in [0.2, 0.25) is 10.0 Å². The molecule has 1 N–H and O–H groups in total. The van der Waals surface area contributed by atoms with Crippen molar-refractivity contribution in [3.05, 3.63) is 62.0 Å². The highest BCUT2D eigenvalue weighted by atomic mass is 79.9. The van der Waals surface area contributed by atoms with E-state index in [1.807, 2.05) is 13.0 Å². The summed E-state index contributed by atoms with van der Waals surface area (Å²) in [5.74, 6) is -0.245. The molecule has 0 aliphatic rings. The minimum atomic E-state index is -0.245. The van der Waals surface area contributed by atoms with Gasteiger partial charge in [-0.25, -0.2) is 0 Å². The highest BCUT2D eigenvalue weighted by Gasteiger charge is 2.10. The Balaban J connectivity index is 2.28. The molecule has 0 unspecified atom stereocenters. The molecule has 0 saturated heterocycles. The van der Waals surface area contributed by atoms with Crippen LogP contribution in [0.1, 0.15) is 15.9 Å². The minimum absolute atomic E-state index is 0.245. The number of carbonyl (C=O) groups excluding carboxylic acids is 1. The summed E-state index contributed by atoms with van der Waals surface area (Å²) < 4.78 is 0.842. The first-order valence-electron chi connectivity index (χ1n) is 5.49. The molecule has 19 heavy (non-hydrogen) atoms. The van der Waals surface area contributed by atoms with Crippen molar-refractivity contribution in [2.45, 2.75) is 6.92 Å². The monoisotopic (exact) mass is 357 g/mol. The molecule has 0 fully saturated rings. The van der Waals surface area contributed by atoms with Gasteiger partial charge in [0, 0.05) is 15.1 Å². The number of rotatable bonds is 2. The molecular weight excluding hydrogens is 349 g/mol. The van der Waals surface area contributed by atoms with Gasteiger partial charge >= 0.3 is 0 Å². The van der Waals surface area contributed by atoms with Crippen LogP contribution < -0.4 is 5.32 Å². The third-order valence-electron chi connectivity index (χ3n) is 2.48. The van der Waals surface area contributed by atoms with Gasteiger partial charge in [0.25, 0.3) is 5.91 Å². The van der Waals surface area contributed by atoms with Crippen LogP contribution in [0, 0.1) is 6.92 Å². The smallest absolute Gasteiger partial charge is 0.255 e. The maximum atomic E-state index is 12.1. The zero-order valence-electron chi connectivity index (χ0n) is 10.0. The molecule has 2 rings (SSSR count). The third kappa shape index (κ3) is 3.72. The van der Waals surface area contributed by atoms with E-state index in [0.717, 1.165) is 10.0 Å². The maximum Gasteiger partial charge on any atom is 0.255 e.